The molecule has 72 valence electrons. The second-order valence-corrected chi connectivity index (χ2v) is 3.12. The third-order valence-electron chi connectivity index (χ3n) is 1.50. The van der Waals surface area contributed by atoms with Crippen molar-refractivity contribution in [1.29, 1.82) is 0 Å². The average molecular weight is 168 g/mol. The standard InChI is InChI=1S/C6H12.C3H8.C3H4/c1-2-4-6-5-3-1;2*1-3-2/h1-6H2;3H2,1-2H3;1H,2H3. The first-order chi connectivity index (χ1) is 5.83. The van der Waals surface area contributed by atoms with Gasteiger partial charge < -0.3 is 0 Å². The van der Waals surface area contributed by atoms with E-state index in [2.05, 4.69) is 26.2 Å². The first-order valence-corrected chi connectivity index (χ1v) is 5.20. The van der Waals surface area contributed by atoms with E-state index < -0.39 is 0 Å². The summed E-state index contributed by atoms with van der Waals surface area (Å²) in [5.41, 5.74) is 0. The molecule has 1 fully saturated rings. The van der Waals surface area contributed by atoms with Crippen LogP contribution in [0.15, 0.2) is 0 Å². The molecule has 1 rings (SSSR count). The maximum absolute atomic E-state index is 4.60. The molecule has 0 saturated heterocycles. The zero-order chi connectivity index (χ0) is 9.66. The minimum atomic E-state index is 1.25. The molecule has 0 amide bonds. The van der Waals surface area contributed by atoms with E-state index in [1.165, 1.54) is 44.9 Å². The first kappa shape index (κ1) is 14.1. The van der Waals surface area contributed by atoms with E-state index in [0.29, 0.717) is 0 Å². The number of terminal acetylenes is 1. The molecule has 0 aliphatic heterocycles. The Morgan fingerprint density at radius 1 is 0.917 bits per heavy atom. The second kappa shape index (κ2) is 16.9. The lowest BCUT2D eigenvalue weighted by atomic mass is 10.0. The molecular weight excluding hydrogens is 144 g/mol. The Balaban J connectivity index is 0. The summed E-state index contributed by atoms with van der Waals surface area (Å²) >= 11 is 0. The van der Waals surface area contributed by atoms with Gasteiger partial charge in [0.25, 0.3) is 0 Å². The van der Waals surface area contributed by atoms with Crippen LogP contribution >= 0.6 is 0 Å². The molecule has 0 atom stereocenters. The second-order valence-electron chi connectivity index (χ2n) is 3.12. The van der Waals surface area contributed by atoms with E-state index >= 15 is 0 Å². The maximum atomic E-state index is 4.60. The third kappa shape index (κ3) is 22.7. The van der Waals surface area contributed by atoms with E-state index in [9.17, 15) is 0 Å². The number of hydrogen-bond acceptors (Lipinski definition) is 0. The van der Waals surface area contributed by atoms with Crippen molar-refractivity contribution in [3.63, 3.8) is 0 Å². The fourth-order valence-corrected chi connectivity index (χ4v) is 1.06. The van der Waals surface area contributed by atoms with Gasteiger partial charge in [-0.25, -0.2) is 0 Å². The van der Waals surface area contributed by atoms with Gasteiger partial charge in [-0.05, 0) is 6.92 Å². The molecule has 0 radical (unpaired) electrons. The van der Waals surface area contributed by atoms with Gasteiger partial charge in [0.15, 0.2) is 0 Å². The average Bonchev–Trinajstić information content (AvgIpc) is 2.10. The van der Waals surface area contributed by atoms with Crippen LogP contribution in [0.2, 0.25) is 0 Å². The maximum Gasteiger partial charge on any atom is -0.00297 e. The van der Waals surface area contributed by atoms with Crippen LogP contribution in [0.4, 0.5) is 0 Å². The molecule has 0 spiro atoms. The highest BCUT2D eigenvalue weighted by atomic mass is 14.0. The Labute approximate surface area is 78.8 Å². The van der Waals surface area contributed by atoms with Gasteiger partial charge in [0, 0.05) is 0 Å². The van der Waals surface area contributed by atoms with Gasteiger partial charge in [0.2, 0.25) is 0 Å². The van der Waals surface area contributed by atoms with Crippen molar-refractivity contribution < 1.29 is 0 Å². The first-order valence-electron chi connectivity index (χ1n) is 5.20. The quantitative estimate of drug-likeness (QED) is 0.470. The summed E-state index contributed by atoms with van der Waals surface area (Å²) in [5, 5.41) is 0. The zero-order valence-electron chi connectivity index (χ0n) is 9.03. The molecule has 0 N–H and O–H groups in total. The summed E-state index contributed by atoms with van der Waals surface area (Å²) in [6, 6.07) is 0. The van der Waals surface area contributed by atoms with Crippen LogP contribution < -0.4 is 0 Å². The van der Waals surface area contributed by atoms with E-state index in [1.54, 1.807) is 6.92 Å². The fourth-order valence-electron chi connectivity index (χ4n) is 1.06. The van der Waals surface area contributed by atoms with Crippen molar-refractivity contribution in [3.8, 4) is 12.3 Å². The van der Waals surface area contributed by atoms with E-state index in [4.69, 9.17) is 0 Å². The van der Waals surface area contributed by atoms with Crippen LogP contribution in [-0.4, -0.2) is 0 Å². The molecule has 1 aliphatic carbocycles. The lowest BCUT2D eigenvalue weighted by Crippen LogP contribution is -1.85. The highest BCUT2D eigenvalue weighted by molar-refractivity contribution is 4.73. The molecular formula is C12H24. The third-order valence-corrected chi connectivity index (χ3v) is 1.50. The molecule has 1 aliphatic rings. The van der Waals surface area contributed by atoms with Crippen LogP contribution in [0, 0.1) is 12.3 Å². The van der Waals surface area contributed by atoms with E-state index in [0.717, 1.165) is 0 Å². The lowest BCUT2D eigenvalue weighted by molar-refractivity contribution is 0.504. The van der Waals surface area contributed by atoms with Gasteiger partial charge in [-0.2, -0.15) is 0 Å². The Morgan fingerprint density at radius 3 is 1.08 bits per heavy atom. The normalized spacial score (nSPS) is 14.2. The van der Waals surface area contributed by atoms with Gasteiger partial charge in [-0.1, -0.05) is 58.8 Å². The zero-order valence-corrected chi connectivity index (χ0v) is 9.03. The summed E-state index contributed by atoms with van der Waals surface area (Å²) in [6.45, 7) is 5.90. The fraction of sp³-hybridized carbons (Fsp3) is 0.833. The summed E-state index contributed by atoms with van der Waals surface area (Å²) in [7, 11) is 0. The SMILES string of the molecule is C#CC.C1CCCCC1.CCC. The summed E-state index contributed by atoms with van der Waals surface area (Å²) in [6.07, 6.45) is 14.8. The molecule has 0 aromatic carbocycles. The van der Waals surface area contributed by atoms with Gasteiger partial charge in [-0.15, -0.1) is 12.3 Å². The van der Waals surface area contributed by atoms with Crippen molar-refractivity contribution in [1.82, 2.24) is 0 Å². The molecule has 0 bridgehead atoms. The van der Waals surface area contributed by atoms with Gasteiger partial charge in [-0.3, -0.25) is 0 Å². The Morgan fingerprint density at radius 2 is 1.00 bits per heavy atom. The van der Waals surface area contributed by atoms with Gasteiger partial charge in [0.05, 0.1) is 0 Å². The van der Waals surface area contributed by atoms with Crippen LogP contribution in [0.25, 0.3) is 0 Å². The molecule has 0 heteroatoms. The van der Waals surface area contributed by atoms with E-state index in [1.807, 2.05) is 0 Å². The van der Waals surface area contributed by atoms with Crippen molar-refractivity contribution in [2.45, 2.75) is 65.7 Å². The summed E-state index contributed by atoms with van der Waals surface area (Å²) < 4.78 is 0. The minimum absolute atomic E-state index is 1.25. The largest absolute Gasteiger partial charge is 0.120 e. The topological polar surface area (TPSA) is 0 Å². The van der Waals surface area contributed by atoms with Crippen LogP contribution in [0.5, 0.6) is 0 Å². The van der Waals surface area contributed by atoms with Crippen LogP contribution in [0.3, 0.4) is 0 Å². The molecule has 12 heavy (non-hydrogen) atoms. The number of hydrogen-bond donors (Lipinski definition) is 0. The van der Waals surface area contributed by atoms with Gasteiger partial charge in [0.1, 0.15) is 0 Å². The van der Waals surface area contributed by atoms with Crippen molar-refractivity contribution >= 4 is 0 Å². The molecule has 0 nitrogen and oxygen atoms in total. The van der Waals surface area contributed by atoms with Gasteiger partial charge >= 0.3 is 0 Å². The molecule has 0 aromatic rings. The molecule has 0 unspecified atom stereocenters. The highest BCUT2D eigenvalue weighted by Crippen LogP contribution is 2.15. The predicted octanol–water partition coefficient (Wildman–Crippen LogP) is 4.40. The molecule has 1 saturated carbocycles. The molecule has 0 heterocycles. The summed E-state index contributed by atoms with van der Waals surface area (Å²) in [5.74, 6) is 2.25. The summed E-state index contributed by atoms with van der Waals surface area (Å²) in [4.78, 5) is 0. The minimum Gasteiger partial charge on any atom is -0.120 e. The monoisotopic (exact) mass is 168 g/mol. The Kier molecular flexibility index (Phi) is 19.8. The Bertz CT molecular complexity index is 71.2. The molecule has 0 aromatic heterocycles. The van der Waals surface area contributed by atoms with Crippen molar-refractivity contribution in [2.24, 2.45) is 0 Å². The van der Waals surface area contributed by atoms with Crippen molar-refractivity contribution in [2.75, 3.05) is 0 Å². The number of rotatable bonds is 0. The van der Waals surface area contributed by atoms with Crippen molar-refractivity contribution in [3.05, 3.63) is 0 Å². The smallest absolute Gasteiger partial charge is 0.00297 e. The highest BCUT2D eigenvalue weighted by Gasteiger charge is 1.95. The van der Waals surface area contributed by atoms with E-state index in [-0.39, 0.29) is 0 Å². The van der Waals surface area contributed by atoms with Crippen LogP contribution in [-0.2, 0) is 0 Å². The Hall–Kier alpha value is -0.440. The predicted molar refractivity (Wildman–Crippen MR) is 58.2 cm³/mol. The lowest BCUT2D eigenvalue weighted by Gasteiger charge is -2.05. The van der Waals surface area contributed by atoms with Crippen LogP contribution in [0.1, 0.15) is 65.7 Å².